The Morgan fingerprint density at radius 2 is 1.64 bits per heavy atom. The van der Waals surface area contributed by atoms with Crippen LogP contribution in [0.1, 0.15) is 12.8 Å². The standard InChI is InChI=1S/C9H14N2O3/c12-8(9(13)14)11-5-3-10(4-6-11)7-1-2-7/h7H,1-6H2,(H,13,14). The molecule has 0 atom stereocenters. The number of rotatable bonds is 1. The summed E-state index contributed by atoms with van der Waals surface area (Å²) in [5.41, 5.74) is 0. The van der Waals surface area contributed by atoms with Crippen molar-refractivity contribution >= 4 is 11.9 Å². The van der Waals surface area contributed by atoms with Crippen LogP contribution in [-0.2, 0) is 9.59 Å². The van der Waals surface area contributed by atoms with Crippen LogP contribution >= 0.6 is 0 Å². The number of carboxylic acids is 1. The average molecular weight is 198 g/mol. The molecule has 0 spiro atoms. The molecule has 1 saturated heterocycles. The Labute approximate surface area is 82.3 Å². The first-order chi connectivity index (χ1) is 6.68. The van der Waals surface area contributed by atoms with Crippen LogP contribution in [0.5, 0.6) is 0 Å². The number of carbonyl (C=O) groups excluding carboxylic acids is 1. The summed E-state index contributed by atoms with van der Waals surface area (Å²) in [6.07, 6.45) is 2.51. The zero-order valence-electron chi connectivity index (χ0n) is 7.98. The van der Waals surface area contributed by atoms with Gasteiger partial charge in [0.05, 0.1) is 0 Å². The highest BCUT2D eigenvalue weighted by atomic mass is 16.4. The van der Waals surface area contributed by atoms with Crippen molar-refractivity contribution in [1.29, 1.82) is 0 Å². The summed E-state index contributed by atoms with van der Waals surface area (Å²) in [5, 5.41) is 8.52. The summed E-state index contributed by atoms with van der Waals surface area (Å²) in [7, 11) is 0. The Bertz CT molecular complexity index is 255. The van der Waals surface area contributed by atoms with Crippen LogP contribution in [0.4, 0.5) is 0 Å². The molecule has 0 unspecified atom stereocenters. The number of carboxylic acid groups (broad SMARTS) is 1. The third kappa shape index (κ3) is 1.87. The van der Waals surface area contributed by atoms with E-state index in [1.165, 1.54) is 17.7 Å². The molecule has 2 rings (SSSR count). The fourth-order valence-electron chi connectivity index (χ4n) is 1.87. The molecule has 0 aromatic heterocycles. The van der Waals surface area contributed by atoms with Gasteiger partial charge < -0.3 is 10.0 Å². The number of piperazine rings is 1. The lowest BCUT2D eigenvalue weighted by Gasteiger charge is -2.33. The average Bonchev–Trinajstić information content (AvgIpc) is 3.00. The van der Waals surface area contributed by atoms with E-state index in [0.29, 0.717) is 19.1 Å². The SMILES string of the molecule is O=C(O)C(=O)N1CCN(C2CC2)CC1. The van der Waals surface area contributed by atoms with Gasteiger partial charge in [-0.1, -0.05) is 0 Å². The summed E-state index contributed by atoms with van der Waals surface area (Å²) >= 11 is 0. The predicted molar refractivity (Wildman–Crippen MR) is 48.8 cm³/mol. The van der Waals surface area contributed by atoms with Crippen LogP contribution in [0.2, 0.25) is 0 Å². The predicted octanol–water partition coefficient (Wildman–Crippen LogP) is -0.622. The zero-order chi connectivity index (χ0) is 10.1. The van der Waals surface area contributed by atoms with Gasteiger partial charge in [-0.05, 0) is 12.8 Å². The van der Waals surface area contributed by atoms with Crippen molar-refractivity contribution in [2.75, 3.05) is 26.2 Å². The Morgan fingerprint density at radius 1 is 1.07 bits per heavy atom. The molecule has 5 heteroatoms. The van der Waals surface area contributed by atoms with Gasteiger partial charge in [-0.2, -0.15) is 0 Å². The molecule has 5 nitrogen and oxygen atoms in total. The fourth-order valence-corrected chi connectivity index (χ4v) is 1.87. The van der Waals surface area contributed by atoms with Gasteiger partial charge in [0, 0.05) is 32.2 Å². The number of hydrogen-bond donors (Lipinski definition) is 1. The van der Waals surface area contributed by atoms with Crippen LogP contribution in [0.25, 0.3) is 0 Å². The highest BCUT2D eigenvalue weighted by Gasteiger charge is 2.33. The molecule has 1 N–H and O–H groups in total. The molecular weight excluding hydrogens is 184 g/mol. The van der Waals surface area contributed by atoms with Crippen LogP contribution in [0, 0.1) is 0 Å². The van der Waals surface area contributed by atoms with Crippen molar-refractivity contribution in [3.8, 4) is 0 Å². The minimum Gasteiger partial charge on any atom is -0.474 e. The van der Waals surface area contributed by atoms with Crippen LogP contribution in [0.3, 0.4) is 0 Å². The van der Waals surface area contributed by atoms with Gasteiger partial charge in [0.25, 0.3) is 0 Å². The van der Waals surface area contributed by atoms with Crippen molar-refractivity contribution in [1.82, 2.24) is 9.80 Å². The summed E-state index contributed by atoms with van der Waals surface area (Å²) < 4.78 is 0. The monoisotopic (exact) mass is 198 g/mol. The highest BCUT2D eigenvalue weighted by molar-refractivity contribution is 6.31. The molecule has 1 aliphatic carbocycles. The Hall–Kier alpha value is -1.10. The molecule has 14 heavy (non-hydrogen) atoms. The first kappa shape index (κ1) is 9.45. The maximum absolute atomic E-state index is 11.1. The van der Waals surface area contributed by atoms with E-state index in [9.17, 15) is 9.59 Å². The molecule has 1 heterocycles. The van der Waals surface area contributed by atoms with Gasteiger partial charge in [-0.25, -0.2) is 4.79 Å². The molecule has 1 saturated carbocycles. The van der Waals surface area contributed by atoms with Gasteiger partial charge in [0.15, 0.2) is 0 Å². The summed E-state index contributed by atoms with van der Waals surface area (Å²) in [6, 6.07) is 0.706. The van der Waals surface area contributed by atoms with Gasteiger partial charge in [-0.15, -0.1) is 0 Å². The van der Waals surface area contributed by atoms with E-state index < -0.39 is 11.9 Å². The van der Waals surface area contributed by atoms with Gasteiger partial charge in [0.2, 0.25) is 0 Å². The molecule has 1 amide bonds. The van der Waals surface area contributed by atoms with Crippen molar-refractivity contribution in [3.05, 3.63) is 0 Å². The molecule has 1 aliphatic heterocycles. The molecular formula is C9H14N2O3. The molecule has 2 aliphatic rings. The Balaban J connectivity index is 1.82. The summed E-state index contributed by atoms with van der Waals surface area (Å²) in [6.45, 7) is 2.76. The smallest absolute Gasteiger partial charge is 0.394 e. The van der Waals surface area contributed by atoms with Crippen LogP contribution < -0.4 is 0 Å². The Kier molecular flexibility index (Phi) is 2.41. The van der Waals surface area contributed by atoms with Gasteiger partial charge in [0.1, 0.15) is 0 Å². The molecule has 78 valence electrons. The second-order valence-corrected chi connectivity index (χ2v) is 3.86. The highest BCUT2D eigenvalue weighted by Crippen LogP contribution is 2.27. The molecule has 0 bridgehead atoms. The van der Waals surface area contributed by atoms with E-state index in [1.807, 2.05) is 0 Å². The topological polar surface area (TPSA) is 60.9 Å². The lowest BCUT2D eigenvalue weighted by atomic mass is 10.3. The van der Waals surface area contributed by atoms with E-state index in [2.05, 4.69) is 4.90 Å². The lowest BCUT2D eigenvalue weighted by molar-refractivity contribution is -0.156. The third-order valence-electron chi connectivity index (χ3n) is 2.85. The maximum atomic E-state index is 11.1. The number of aliphatic carboxylic acids is 1. The van der Waals surface area contributed by atoms with Gasteiger partial charge in [-0.3, -0.25) is 9.69 Å². The number of hydrogen-bond acceptors (Lipinski definition) is 3. The largest absolute Gasteiger partial charge is 0.474 e. The summed E-state index contributed by atoms with van der Waals surface area (Å²) in [5.74, 6) is -2.11. The van der Waals surface area contributed by atoms with E-state index in [0.717, 1.165) is 13.1 Å². The first-order valence-corrected chi connectivity index (χ1v) is 4.95. The van der Waals surface area contributed by atoms with Gasteiger partial charge >= 0.3 is 11.9 Å². The minimum atomic E-state index is -1.34. The van der Waals surface area contributed by atoms with Crippen LogP contribution in [0.15, 0.2) is 0 Å². The normalized spacial score (nSPS) is 23.6. The molecule has 0 radical (unpaired) electrons. The summed E-state index contributed by atoms with van der Waals surface area (Å²) in [4.78, 5) is 25.3. The number of amides is 1. The van der Waals surface area contributed by atoms with E-state index in [1.54, 1.807) is 0 Å². The van der Waals surface area contributed by atoms with Crippen LogP contribution in [-0.4, -0.2) is 59.0 Å². The van der Waals surface area contributed by atoms with Crippen molar-refractivity contribution in [2.24, 2.45) is 0 Å². The molecule has 2 fully saturated rings. The Morgan fingerprint density at radius 3 is 2.07 bits per heavy atom. The van der Waals surface area contributed by atoms with Crippen molar-refractivity contribution < 1.29 is 14.7 Å². The maximum Gasteiger partial charge on any atom is 0.394 e. The lowest BCUT2D eigenvalue weighted by Crippen LogP contribution is -2.51. The van der Waals surface area contributed by atoms with E-state index >= 15 is 0 Å². The van der Waals surface area contributed by atoms with Crippen molar-refractivity contribution in [2.45, 2.75) is 18.9 Å². The second kappa shape index (κ2) is 3.57. The zero-order valence-corrected chi connectivity index (χ0v) is 7.98. The molecule has 0 aromatic rings. The third-order valence-corrected chi connectivity index (χ3v) is 2.85. The quantitative estimate of drug-likeness (QED) is 0.570. The van der Waals surface area contributed by atoms with E-state index in [4.69, 9.17) is 5.11 Å². The first-order valence-electron chi connectivity index (χ1n) is 4.95. The van der Waals surface area contributed by atoms with Crippen molar-refractivity contribution in [3.63, 3.8) is 0 Å². The van der Waals surface area contributed by atoms with E-state index in [-0.39, 0.29) is 0 Å². The molecule has 0 aromatic carbocycles. The minimum absolute atomic E-state index is 0.557. The second-order valence-electron chi connectivity index (χ2n) is 3.86. The number of carbonyl (C=O) groups is 2. The number of nitrogens with zero attached hydrogens (tertiary/aromatic N) is 2. The fraction of sp³-hybridized carbons (Fsp3) is 0.778.